The maximum Gasteiger partial charge on any atom is 0.318 e. The molecule has 0 saturated carbocycles. The summed E-state index contributed by atoms with van der Waals surface area (Å²) in [4.78, 5) is 24.1. The van der Waals surface area contributed by atoms with E-state index in [2.05, 4.69) is 0 Å². The Morgan fingerprint density at radius 1 is 1.44 bits per heavy atom. The zero-order chi connectivity index (χ0) is 13.9. The Labute approximate surface area is 109 Å². The second kappa shape index (κ2) is 6.32. The number of methoxy groups -OCH3 is 1. The standard InChI is InChI=1S/C14H24O4/c1-6-7-10-11(14(16)17-5)12(15)9(4)13(18-10)8(2)3/h8-11,13H,6-7H2,1-5H3/t9-,10+,11+,13-/m1/s1. The van der Waals surface area contributed by atoms with Gasteiger partial charge in [-0.05, 0) is 12.3 Å². The number of hydrogen-bond acceptors (Lipinski definition) is 4. The van der Waals surface area contributed by atoms with E-state index in [1.165, 1.54) is 7.11 Å². The molecule has 0 aromatic heterocycles. The summed E-state index contributed by atoms with van der Waals surface area (Å²) in [5.41, 5.74) is 0. The van der Waals surface area contributed by atoms with Crippen molar-refractivity contribution >= 4 is 11.8 Å². The quantitative estimate of drug-likeness (QED) is 0.571. The van der Waals surface area contributed by atoms with E-state index in [9.17, 15) is 9.59 Å². The Bertz CT molecular complexity index is 311. The van der Waals surface area contributed by atoms with Crippen LogP contribution in [0.2, 0.25) is 0 Å². The van der Waals surface area contributed by atoms with Gasteiger partial charge in [0.1, 0.15) is 5.92 Å². The SMILES string of the molecule is CCC[C@@H]1O[C@H](C(C)C)[C@H](C)C(=O)[C@H]1C(=O)OC. The molecule has 4 nitrogen and oxygen atoms in total. The summed E-state index contributed by atoms with van der Waals surface area (Å²) >= 11 is 0. The lowest BCUT2D eigenvalue weighted by Gasteiger charge is -2.39. The van der Waals surface area contributed by atoms with Gasteiger partial charge < -0.3 is 9.47 Å². The van der Waals surface area contributed by atoms with E-state index in [1.54, 1.807) is 0 Å². The van der Waals surface area contributed by atoms with Crippen molar-refractivity contribution in [3.63, 3.8) is 0 Å². The van der Waals surface area contributed by atoms with Crippen molar-refractivity contribution in [3.8, 4) is 0 Å². The third-order valence-corrected chi connectivity index (χ3v) is 3.64. The van der Waals surface area contributed by atoms with Crippen LogP contribution >= 0.6 is 0 Å². The number of Topliss-reactive ketones (excluding diaryl/α,β-unsaturated/α-hetero) is 1. The number of rotatable bonds is 4. The van der Waals surface area contributed by atoms with Crippen molar-refractivity contribution < 1.29 is 19.1 Å². The van der Waals surface area contributed by atoms with Crippen LogP contribution in [0.3, 0.4) is 0 Å². The van der Waals surface area contributed by atoms with Gasteiger partial charge in [-0.2, -0.15) is 0 Å². The Balaban J connectivity index is 2.96. The van der Waals surface area contributed by atoms with Crippen LogP contribution in [0.4, 0.5) is 0 Å². The zero-order valence-corrected chi connectivity index (χ0v) is 11.9. The van der Waals surface area contributed by atoms with Gasteiger partial charge in [-0.3, -0.25) is 9.59 Å². The molecule has 0 aromatic rings. The van der Waals surface area contributed by atoms with Crippen LogP contribution in [-0.2, 0) is 19.1 Å². The number of carbonyl (C=O) groups is 2. The highest BCUT2D eigenvalue weighted by Crippen LogP contribution is 2.33. The second-order valence-corrected chi connectivity index (χ2v) is 5.36. The fourth-order valence-corrected chi connectivity index (χ4v) is 2.68. The van der Waals surface area contributed by atoms with Crippen molar-refractivity contribution in [1.82, 2.24) is 0 Å². The maximum atomic E-state index is 12.3. The molecule has 0 N–H and O–H groups in total. The largest absolute Gasteiger partial charge is 0.468 e. The van der Waals surface area contributed by atoms with E-state index in [4.69, 9.17) is 9.47 Å². The highest BCUT2D eigenvalue weighted by Gasteiger charge is 2.47. The molecule has 0 spiro atoms. The van der Waals surface area contributed by atoms with Gasteiger partial charge in [0.2, 0.25) is 0 Å². The first-order valence-corrected chi connectivity index (χ1v) is 6.71. The molecule has 1 aliphatic heterocycles. The van der Waals surface area contributed by atoms with E-state index < -0.39 is 11.9 Å². The molecular weight excluding hydrogens is 232 g/mol. The molecule has 4 atom stereocenters. The van der Waals surface area contributed by atoms with Crippen molar-refractivity contribution in [2.45, 2.75) is 52.7 Å². The molecule has 0 aliphatic carbocycles. The molecule has 0 bridgehead atoms. The van der Waals surface area contributed by atoms with Gasteiger partial charge in [-0.15, -0.1) is 0 Å². The van der Waals surface area contributed by atoms with Gasteiger partial charge in [-0.25, -0.2) is 0 Å². The van der Waals surface area contributed by atoms with Crippen LogP contribution in [0.15, 0.2) is 0 Å². The first-order chi connectivity index (χ1) is 8.43. The highest BCUT2D eigenvalue weighted by atomic mass is 16.5. The van der Waals surface area contributed by atoms with Gasteiger partial charge in [0.05, 0.1) is 19.3 Å². The van der Waals surface area contributed by atoms with E-state index >= 15 is 0 Å². The number of esters is 1. The molecule has 0 aromatic carbocycles. The summed E-state index contributed by atoms with van der Waals surface area (Å²) in [5, 5.41) is 0. The summed E-state index contributed by atoms with van der Waals surface area (Å²) in [5.74, 6) is -1.23. The van der Waals surface area contributed by atoms with Crippen LogP contribution in [0.1, 0.15) is 40.5 Å². The molecule has 1 aliphatic rings. The van der Waals surface area contributed by atoms with Crippen LogP contribution in [0.25, 0.3) is 0 Å². The van der Waals surface area contributed by atoms with Crippen LogP contribution in [0, 0.1) is 17.8 Å². The summed E-state index contributed by atoms with van der Waals surface area (Å²) in [6.45, 7) is 7.93. The van der Waals surface area contributed by atoms with Gasteiger partial charge >= 0.3 is 5.97 Å². The number of ether oxygens (including phenoxy) is 2. The predicted octanol–water partition coefficient (Wildman–Crippen LogP) is 2.20. The lowest BCUT2D eigenvalue weighted by Crippen LogP contribution is -2.52. The highest BCUT2D eigenvalue weighted by molar-refractivity contribution is 6.01. The Hall–Kier alpha value is -0.900. The van der Waals surface area contributed by atoms with E-state index in [0.29, 0.717) is 6.42 Å². The molecule has 1 rings (SSSR count). The van der Waals surface area contributed by atoms with Crippen molar-refractivity contribution in [2.24, 2.45) is 17.8 Å². The molecule has 0 radical (unpaired) electrons. The third-order valence-electron chi connectivity index (χ3n) is 3.64. The van der Waals surface area contributed by atoms with Crippen molar-refractivity contribution in [1.29, 1.82) is 0 Å². The average molecular weight is 256 g/mol. The predicted molar refractivity (Wildman–Crippen MR) is 68.1 cm³/mol. The molecular formula is C14H24O4. The van der Waals surface area contributed by atoms with Crippen LogP contribution in [0.5, 0.6) is 0 Å². The number of hydrogen-bond donors (Lipinski definition) is 0. The summed E-state index contributed by atoms with van der Waals surface area (Å²) in [6.07, 6.45) is 1.15. The summed E-state index contributed by atoms with van der Waals surface area (Å²) in [6, 6.07) is 0. The first-order valence-electron chi connectivity index (χ1n) is 6.71. The van der Waals surface area contributed by atoms with Gasteiger partial charge in [0.25, 0.3) is 0 Å². The second-order valence-electron chi connectivity index (χ2n) is 5.36. The average Bonchev–Trinajstić information content (AvgIpc) is 2.33. The molecule has 1 heterocycles. The number of ketones is 1. The Morgan fingerprint density at radius 3 is 2.50 bits per heavy atom. The molecule has 4 heteroatoms. The van der Waals surface area contributed by atoms with Gasteiger partial charge in [0.15, 0.2) is 5.78 Å². The van der Waals surface area contributed by atoms with E-state index in [1.807, 2.05) is 27.7 Å². The molecule has 1 fully saturated rings. The lowest BCUT2D eigenvalue weighted by molar-refractivity contribution is -0.178. The van der Waals surface area contributed by atoms with Gasteiger partial charge in [0, 0.05) is 5.92 Å². The smallest absolute Gasteiger partial charge is 0.318 e. The van der Waals surface area contributed by atoms with Crippen molar-refractivity contribution in [2.75, 3.05) is 7.11 Å². The molecule has 104 valence electrons. The molecule has 1 saturated heterocycles. The fourth-order valence-electron chi connectivity index (χ4n) is 2.68. The minimum atomic E-state index is -0.750. The molecule has 0 amide bonds. The summed E-state index contributed by atoms with van der Waals surface area (Å²) < 4.78 is 10.7. The monoisotopic (exact) mass is 256 g/mol. The van der Waals surface area contributed by atoms with Gasteiger partial charge in [-0.1, -0.05) is 34.1 Å². The van der Waals surface area contributed by atoms with E-state index in [0.717, 1.165) is 6.42 Å². The van der Waals surface area contributed by atoms with Crippen LogP contribution in [-0.4, -0.2) is 31.1 Å². The first kappa shape index (κ1) is 15.2. The fraction of sp³-hybridized carbons (Fsp3) is 0.857. The minimum absolute atomic E-state index is 0.0368. The lowest BCUT2D eigenvalue weighted by atomic mass is 9.79. The van der Waals surface area contributed by atoms with Crippen LogP contribution < -0.4 is 0 Å². The molecule has 0 unspecified atom stereocenters. The van der Waals surface area contributed by atoms with E-state index in [-0.39, 0.29) is 29.8 Å². The summed E-state index contributed by atoms with van der Waals surface area (Å²) in [7, 11) is 1.32. The third kappa shape index (κ3) is 2.91. The normalized spacial score (nSPS) is 32.7. The Morgan fingerprint density at radius 2 is 2.06 bits per heavy atom. The Kier molecular flexibility index (Phi) is 5.32. The van der Waals surface area contributed by atoms with Crippen molar-refractivity contribution in [3.05, 3.63) is 0 Å². The minimum Gasteiger partial charge on any atom is -0.468 e. The maximum absolute atomic E-state index is 12.3. The zero-order valence-electron chi connectivity index (χ0n) is 11.9. The number of carbonyl (C=O) groups excluding carboxylic acids is 2. The topological polar surface area (TPSA) is 52.6 Å². The molecule has 18 heavy (non-hydrogen) atoms.